The lowest BCUT2D eigenvalue weighted by molar-refractivity contribution is -0.115. The molecular weight excluding hydrogens is 312 g/mol. The number of carbonyl (C=O) groups excluding carboxylic acids is 1. The van der Waals surface area contributed by atoms with Crippen molar-refractivity contribution < 1.29 is 9.53 Å². The molecule has 23 heavy (non-hydrogen) atoms. The maximum absolute atomic E-state index is 12.0. The number of hydrogen-bond donors (Lipinski definition) is 2. The summed E-state index contributed by atoms with van der Waals surface area (Å²) in [5, 5.41) is 6.71. The van der Waals surface area contributed by atoms with Crippen LogP contribution in [0.2, 0.25) is 5.02 Å². The quantitative estimate of drug-likeness (QED) is 0.805. The van der Waals surface area contributed by atoms with Crippen LogP contribution < -0.4 is 15.4 Å². The molecule has 4 nitrogen and oxygen atoms in total. The van der Waals surface area contributed by atoms with Crippen molar-refractivity contribution in [3.8, 4) is 5.75 Å². The normalized spacial score (nSPS) is 11.8. The molecule has 0 aliphatic rings. The van der Waals surface area contributed by atoms with Crippen LogP contribution in [-0.2, 0) is 4.79 Å². The number of carbonyl (C=O) groups is 1. The van der Waals surface area contributed by atoms with E-state index < -0.39 is 0 Å². The molecule has 0 saturated carbocycles. The van der Waals surface area contributed by atoms with Crippen molar-refractivity contribution in [2.24, 2.45) is 0 Å². The van der Waals surface area contributed by atoms with Gasteiger partial charge in [0, 0.05) is 16.8 Å². The Hall–Kier alpha value is -2.04. The predicted molar refractivity (Wildman–Crippen MR) is 94.1 cm³/mol. The Morgan fingerprint density at radius 3 is 2.52 bits per heavy atom. The number of amides is 1. The van der Waals surface area contributed by atoms with Gasteiger partial charge in [0.1, 0.15) is 5.75 Å². The summed E-state index contributed by atoms with van der Waals surface area (Å²) in [6, 6.07) is 14.9. The molecule has 2 rings (SSSR count). The fourth-order valence-corrected chi connectivity index (χ4v) is 2.49. The summed E-state index contributed by atoms with van der Waals surface area (Å²) in [5.41, 5.74) is 1.72. The summed E-state index contributed by atoms with van der Waals surface area (Å²) in [5.74, 6) is 0.684. The summed E-state index contributed by atoms with van der Waals surface area (Å²) in [6.45, 7) is 4.74. The Labute approximate surface area is 141 Å². The Morgan fingerprint density at radius 1 is 1.17 bits per heavy atom. The lowest BCUT2D eigenvalue weighted by Gasteiger charge is -2.15. The van der Waals surface area contributed by atoms with Gasteiger partial charge in [0.2, 0.25) is 5.91 Å². The topological polar surface area (TPSA) is 50.4 Å². The lowest BCUT2D eigenvalue weighted by atomic mass is 10.1. The zero-order valence-corrected chi connectivity index (χ0v) is 14.1. The number of rotatable bonds is 7. The molecule has 0 aliphatic heterocycles. The SMILES string of the molecule is CCOc1ccc(NC(=O)CN[C@H](C)c2ccccc2Cl)cc1. The van der Waals surface area contributed by atoms with Gasteiger partial charge in [-0.15, -0.1) is 0 Å². The Morgan fingerprint density at radius 2 is 1.87 bits per heavy atom. The maximum atomic E-state index is 12.0. The number of halogens is 1. The van der Waals surface area contributed by atoms with Gasteiger partial charge >= 0.3 is 0 Å². The van der Waals surface area contributed by atoms with E-state index in [1.54, 1.807) is 0 Å². The van der Waals surface area contributed by atoms with Gasteiger partial charge in [-0.05, 0) is 49.7 Å². The Bertz CT molecular complexity index is 644. The largest absolute Gasteiger partial charge is 0.494 e. The Balaban J connectivity index is 1.84. The van der Waals surface area contributed by atoms with Crippen LogP contribution in [0, 0.1) is 0 Å². The van der Waals surface area contributed by atoms with E-state index in [1.165, 1.54) is 0 Å². The van der Waals surface area contributed by atoms with Crippen LogP contribution in [-0.4, -0.2) is 19.1 Å². The minimum atomic E-state index is -0.104. The standard InChI is InChI=1S/C18H21ClN2O2/c1-3-23-15-10-8-14(9-11-15)21-18(22)12-20-13(2)16-6-4-5-7-17(16)19/h4-11,13,20H,3,12H2,1-2H3,(H,21,22)/t13-/m1/s1. The third-order valence-electron chi connectivity index (χ3n) is 3.39. The molecule has 0 heterocycles. The molecule has 0 saturated heterocycles. The highest BCUT2D eigenvalue weighted by molar-refractivity contribution is 6.31. The van der Waals surface area contributed by atoms with E-state index in [-0.39, 0.29) is 18.5 Å². The Kier molecular flexibility index (Phi) is 6.44. The van der Waals surface area contributed by atoms with E-state index in [1.807, 2.05) is 62.4 Å². The molecule has 5 heteroatoms. The van der Waals surface area contributed by atoms with Gasteiger partial charge in [-0.3, -0.25) is 4.79 Å². The van der Waals surface area contributed by atoms with Crippen molar-refractivity contribution in [2.75, 3.05) is 18.5 Å². The van der Waals surface area contributed by atoms with Crippen molar-refractivity contribution in [1.82, 2.24) is 5.32 Å². The van der Waals surface area contributed by atoms with Crippen molar-refractivity contribution >= 4 is 23.2 Å². The first-order valence-corrected chi connectivity index (χ1v) is 7.98. The number of hydrogen-bond acceptors (Lipinski definition) is 3. The third-order valence-corrected chi connectivity index (χ3v) is 3.73. The second-order valence-corrected chi connectivity index (χ2v) is 5.54. The van der Waals surface area contributed by atoms with Crippen molar-refractivity contribution in [3.63, 3.8) is 0 Å². The van der Waals surface area contributed by atoms with Crippen LogP contribution in [0.3, 0.4) is 0 Å². The van der Waals surface area contributed by atoms with Gasteiger partial charge in [-0.1, -0.05) is 29.8 Å². The minimum Gasteiger partial charge on any atom is -0.494 e. The first kappa shape index (κ1) is 17.3. The second kappa shape index (κ2) is 8.56. The van der Waals surface area contributed by atoms with E-state index in [0.717, 1.165) is 17.0 Å². The highest BCUT2D eigenvalue weighted by Gasteiger charge is 2.10. The number of nitrogens with one attached hydrogen (secondary N) is 2. The molecule has 2 aromatic rings. The van der Waals surface area contributed by atoms with Crippen LogP contribution in [0.5, 0.6) is 5.75 Å². The van der Waals surface area contributed by atoms with E-state index in [0.29, 0.717) is 11.6 Å². The molecule has 2 aromatic carbocycles. The van der Waals surface area contributed by atoms with Crippen LogP contribution in [0.4, 0.5) is 5.69 Å². The highest BCUT2D eigenvalue weighted by atomic mass is 35.5. The molecular formula is C18H21ClN2O2. The second-order valence-electron chi connectivity index (χ2n) is 5.13. The maximum Gasteiger partial charge on any atom is 0.238 e. The van der Waals surface area contributed by atoms with Gasteiger partial charge in [0.25, 0.3) is 0 Å². The molecule has 0 spiro atoms. The summed E-state index contributed by atoms with van der Waals surface area (Å²) >= 11 is 6.15. The van der Waals surface area contributed by atoms with E-state index in [2.05, 4.69) is 10.6 Å². The highest BCUT2D eigenvalue weighted by Crippen LogP contribution is 2.22. The average molecular weight is 333 g/mol. The molecule has 0 radical (unpaired) electrons. The predicted octanol–water partition coefficient (Wildman–Crippen LogP) is 4.03. The third kappa shape index (κ3) is 5.27. The van der Waals surface area contributed by atoms with E-state index >= 15 is 0 Å². The van der Waals surface area contributed by atoms with E-state index in [9.17, 15) is 4.79 Å². The van der Waals surface area contributed by atoms with Crippen LogP contribution in [0.15, 0.2) is 48.5 Å². The summed E-state index contributed by atoms with van der Waals surface area (Å²) in [4.78, 5) is 12.0. The zero-order valence-electron chi connectivity index (χ0n) is 13.3. The first-order chi connectivity index (χ1) is 11.1. The van der Waals surface area contributed by atoms with Crippen LogP contribution in [0.1, 0.15) is 25.5 Å². The molecule has 122 valence electrons. The van der Waals surface area contributed by atoms with Crippen molar-refractivity contribution in [1.29, 1.82) is 0 Å². The molecule has 2 N–H and O–H groups in total. The van der Waals surface area contributed by atoms with Gasteiger partial charge in [-0.2, -0.15) is 0 Å². The minimum absolute atomic E-state index is 0.00483. The molecule has 1 amide bonds. The van der Waals surface area contributed by atoms with Crippen molar-refractivity contribution in [3.05, 3.63) is 59.1 Å². The molecule has 0 bridgehead atoms. The van der Waals surface area contributed by atoms with Crippen LogP contribution in [0.25, 0.3) is 0 Å². The average Bonchev–Trinajstić information content (AvgIpc) is 2.55. The molecule has 0 fully saturated rings. The lowest BCUT2D eigenvalue weighted by Crippen LogP contribution is -2.30. The smallest absolute Gasteiger partial charge is 0.238 e. The van der Waals surface area contributed by atoms with Gasteiger partial charge in [0.15, 0.2) is 0 Å². The van der Waals surface area contributed by atoms with E-state index in [4.69, 9.17) is 16.3 Å². The molecule has 1 atom stereocenters. The van der Waals surface area contributed by atoms with Gasteiger partial charge in [0.05, 0.1) is 13.2 Å². The number of ether oxygens (including phenoxy) is 1. The zero-order chi connectivity index (χ0) is 16.7. The monoisotopic (exact) mass is 332 g/mol. The molecule has 0 aliphatic carbocycles. The fraction of sp³-hybridized carbons (Fsp3) is 0.278. The summed E-state index contributed by atoms with van der Waals surface area (Å²) in [7, 11) is 0. The number of benzene rings is 2. The molecule has 0 aromatic heterocycles. The number of anilines is 1. The van der Waals surface area contributed by atoms with Gasteiger partial charge < -0.3 is 15.4 Å². The summed E-state index contributed by atoms with van der Waals surface area (Å²) in [6.07, 6.45) is 0. The van der Waals surface area contributed by atoms with Crippen molar-refractivity contribution in [2.45, 2.75) is 19.9 Å². The summed E-state index contributed by atoms with van der Waals surface area (Å²) < 4.78 is 5.37. The first-order valence-electron chi connectivity index (χ1n) is 7.60. The van der Waals surface area contributed by atoms with Crippen LogP contribution >= 0.6 is 11.6 Å². The van der Waals surface area contributed by atoms with Gasteiger partial charge in [-0.25, -0.2) is 0 Å². The molecule has 0 unspecified atom stereocenters. The fourth-order valence-electron chi connectivity index (χ4n) is 2.19.